The lowest BCUT2D eigenvalue weighted by molar-refractivity contribution is -0.115. The molecule has 4 aromatic carbocycles. The summed E-state index contributed by atoms with van der Waals surface area (Å²) in [6, 6.07) is 16.0. The Kier molecular flexibility index (Phi) is 15.8. The van der Waals surface area contributed by atoms with Gasteiger partial charge in [0.2, 0.25) is 0 Å². The molecule has 0 bridgehead atoms. The number of azo groups is 1. The van der Waals surface area contributed by atoms with Gasteiger partial charge in [-0.3, -0.25) is 19.8 Å². The molecule has 8 N–H and O–H groups in total. The molecule has 284 valence electrons. The molecule has 0 fully saturated rings. The van der Waals surface area contributed by atoms with Crippen molar-refractivity contribution in [2.45, 2.75) is 27.1 Å². The van der Waals surface area contributed by atoms with E-state index in [1.54, 1.807) is 30.3 Å². The molecular weight excluding hydrogens is 786 g/mol. The second-order valence-corrected chi connectivity index (χ2v) is 12.6. The summed E-state index contributed by atoms with van der Waals surface area (Å²) in [4.78, 5) is 35.3. The number of aliphatic hydroxyl groups excluding tert-OH is 3. The third-order valence-corrected chi connectivity index (χ3v) is 8.54. The molecule has 4 rings (SSSR count). The maximum Gasteiger partial charge on any atom is 0.279 e. The molecule has 14 nitrogen and oxygen atoms in total. The predicted molar refractivity (Wildman–Crippen MR) is 210 cm³/mol. The zero-order chi connectivity index (χ0) is 40.3. The van der Waals surface area contributed by atoms with Crippen LogP contribution in [0.5, 0.6) is 11.5 Å². The number of nitrogens with two attached hydrogens (primary N) is 1. The van der Waals surface area contributed by atoms with Crippen molar-refractivity contribution in [1.29, 1.82) is 5.41 Å². The molecule has 0 saturated carbocycles. The molecular formula is C36H34Cl4N6O8. The number of rotatable bonds is 12. The first-order valence-corrected chi connectivity index (χ1v) is 16.9. The Morgan fingerprint density at radius 2 is 1.33 bits per heavy atom. The molecule has 0 atom stereocenters. The first-order chi connectivity index (χ1) is 25.5. The average molecular weight is 821 g/mol. The molecule has 0 aliphatic heterocycles. The van der Waals surface area contributed by atoms with Crippen LogP contribution in [0.25, 0.3) is 11.1 Å². The first kappa shape index (κ1) is 43.2. The molecule has 54 heavy (non-hydrogen) atoms. The number of nitrogen functional groups attached to an aromatic ring is 1. The van der Waals surface area contributed by atoms with Crippen LogP contribution in [0.4, 0.5) is 22.7 Å². The lowest BCUT2D eigenvalue weighted by Crippen LogP contribution is -2.27. The Morgan fingerprint density at radius 3 is 1.87 bits per heavy atom. The topological polar surface area (TPSA) is 229 Å². The zero-order valence-electron chi connectivity index (χ0n) is 29.1. The van der Waals surface area contributed by atoms with Gasteiger partial charge < -0.3 is 41.2 Å². The number of amides is 2. The van der Waals surface area contributed by atoms with Crippen molar-refractivity contribution in [1.82, 2.24) is 0 Å². The van der Waals surface area contributed by atoms with E-state index < -0.39 is 23.3 Å². The van der Waals surface area contributed by atoms with Gasteiger partial charge in [0, 0.05) is 29.6 Å². The van der Waals surface area contributed by atoms with E-state index in [0.717, 1.165) is 18.1 Å². The average Bonchev–Trinajstić information content (AvgIpc) is 3.14. The fourth-order valence-electron chi connectivity index (χ4n) is 4.37. The molecule has 0 unspecified atom stereocenters. The quantitative estimate of drug-likeness (QED) is 0.0182. The molecule has 0 saturated heterocycles. The van der Waals surface area contributed by atoms with Crippen LogP contribution in [0.3, 0.4) is 0 Å². The van der Waals surface area contributed by atoms with Crippen molar-refractivity contribution in [3.05, 3.63) is 103 Å². The number of Topliss-reactive ketones (excluding diaryl/α,β-unsaturated/α-hetero) is 1. The highest BCUT2D eigenvalue weighted by Crippen LogP contribution is 2.35. The molecule has 18 heteroatoms. The van der Waals surface area contributed by atoms with Crippen molar-refractivity contribution in [3.8, 4) is 22.6 Å². The van der Waals surface area contributed by atoms with Crippen molar-refractivity contribution in [2.75, 3.05) is 30.6 Å². The molecule has 0 aliphatic carbocycles. The fourth-order valence-corrected chi connectivity index (χ4v) is 5.25. The minimum absolute atomic E-state index is 0.226. The number of nitrogens with zero attached hydrogens (tertiary/aromatic N) is 2. The Balaban J connectivity index is 0.000000349. The highest BCUT2D eigenvalue weighted by atomic mass is 35.5. The third-order valence-electron chi connectivity index (χ3n) is 7.26. The monoisotopic (exact) mass is 818 g/mol. The summed E-state index contributed by atoms with van der Waals surface area (Å²) >= 11 is 24.4. The van der Waals surface area contributed by atoms with E-state index in [1.165, 1.54) is 45.4 Å². The summed E-state index contributed by atoms with van der Waals surface area (Å²) in [6.07, 6.45) is 0. The number of hydrogen-bond donors (Lipinski definition) is 7. The van der Waals surface area contributed by atoms with Crippen LogP contribution in [0.2, 0.25) is 20.1 Å². The molecule has 0 heterocycles. The van der Waals surface area contributed by atoms with Gasteiger partial charge in [0.25, 0.3) is 11.8 Å². The van der Waals surface area contributed by atoms with E-state index in [0.29, 0.717) is 27.6 Å². The molecule has 0 spiro atoms. The van der Waals surface area contributed by atoms with E-state index in [1.807, 2.05) is 6.07 Å². The number of carbonyl (C=O) groups excluding carboxylic acids is 3. The van der Waals surface area contributed by atoms with Crippen LogP contribution < -0.4 is 25.8 Å². The summed E-state index contributed by atoms with van der Waals surface area (Å²) in [5, 5.41) is 50.1. The maximum atomic E-state index is 12.8. The highest BCUT2D eigenvalue weighted by molar-refractivity contribution is 6.66. The van der Waals surface area contributed by atoms with Gasteiger partial charge in [-0.05, 0) is 60.0 Å². The van der Waals surface area contributed by atoms with Crippen molar-refractivity contribution >= 4 is 92.5 Å². The summed E-state index contributed by atoms with van der Waals surface area (Å²) < 4.78 is 10.2. The number of benzene rings is 4. The number of hydrogen-bond acceptors (Lipinski definition) is 12. The summed E-state index contributed by atoms with van der Waals surface area (Å²) in [5.41, 5.74) is 8.26. The van der Waals surface area contributed by atoms with Crippen LogP contribution in [-0.4, -0.2) is 52.8 Å². The molecule has 0 radical (unpaired) electrons. The van der Waals surface area contributed by atoms with E-state index in [-0.39, 0.29) is 62.5 Å². The van der Waals surface area contributed by atoms with Crippen molar-refractivity contribution in [2.24, 2.45) is 10.2 Å². The first-order valence-electron chi connectivity index (χ1n) is 15.4. The Morgan fingerprint density at radius 1 is 0.741 bits per heavy atom. The van der Waals surface area contributed by atoms with Gasteiger partial charge in [0.05, 0.1) is 59.6 Å². The Labute approximate surface area is 329 Å². The summed E-state index contributed by atoms with van der Waals surface area (Å²) in [5.74, 6) is -2.07. The van der Waals surface area contributed by atoms with Crippen LogP contribution in [0.15, 0.2) is 82.3 Å². The second-order valence-electron chi connectivity index (χ2n) is 11.0. The van der Waals surface area contributed by atoms with Gasteiger partial charge in [-0.25, -0.2) is 0 Å². The standard InChI is InChI=1S/C24H21Cl3N4O4.C12H13ClN2O4/c1-12(33)23(24(34)29-21-9-15(11-32)16(25)10-22(21)35-2)31-30-20-6-4-14(8-18(20)27)13-3-5-19(28)17(26)7-13;1-6(17)11(14)12(18)15-9-4-10(19-2)8(13)3-7(9)5-16/h3-10,32-33H,11,28H2,1-2H3,(H,29,34);3-4,14,16H,5H2,1-2H3,(H,15,18). The molecule has 4 aromatic rings. The smallest absolute Gasteiger partial charge is 0.279 e. The number of halogens is 4. The lowest BCUT2D eigenvalue weighted by Gasteiger charge is -2.13. The van der Waals surface area contributed by atoms with Gasteiger partial charge in [-0.1, -0.05) is 58.5 Å². The number of allylic oxidation sites excluding steroid dienone is 1. The van der Waals surface area contributed by atoms with Crippen LogP contribution in [0.1, 0.15) is 25.0 Å². The maximum absolute atomic E-state index is 12.8. The molecule has 0 aromatic heterocycles. The SMILES string of the molecule is COc1cc(Cl)c(CO)cc1NC(=O)C(N=Nc1ccc(-c2ccc(N)c(Cl)c2)cc1Cl)=C(C)O.COc1cc(NC(=O)C(=N)C(C)=O)c(CO)cc1Cl. The van der Waals surface area contributed by atoms with E-state index in [2.05, 4.69) is 20.9 Å². The molecule has 2 amide bonds. The lowest BCUT2D eigenvalue weighted by atomic mass is 10.1. The Hall–Kier alpha value is -5.22. The van der Waals surface area contributed by atoms with Crippen LogP contribution in [0, 0.1) is 5.41 Å². The van der Waals surface area contributed by atoms with Gasteiger partial charge >= 0.3 is 0 Å². The van der Waals surface area contributed by atoms with Gasteiger partial charge in [-0.2, -0.15) is 0 Å². The van der Waals surface area contributed by atoms with Gasteiger partial charge in [-0.15, -0.1) is 10.2 Å². The van der Waals surface area contributed by atoms with E-state index >= 15 is 0 Å². The second kappa shape index (κ2) is 19.7. The number of nitrogens with one attached hydrogen (secondary N) is 3. The number of methoxy groups -OCH3 is 2. The summed E-state index contributed by atoms with van der Waals surface area (Å²) in [6.45, 7) is 1.72. The van der Waals surface area contributed by atoms with Crippen molar-refractivity contribution in [3.63, 3.8) is 0 Å². The minimum atomic E-state index is -0.855. The fraction of sp³-hybridized carbons (Fsp3) is 0.167. The minimum Gasteiger partial charge on any atom is -0.510 e. The van der Waals surface area contributed by atoms with Crippen LogP contribution >= 0.6 is 46.4 Å². The normalized spacial score (nSPS) is 11.2. The number of ether oxygens (including phenoxy) is 2. The summed E-state index contributed by atoms with van der Waals surface area (Å²) in [7, 11) is 2.81. The number of anilines is 3. The van der Waals surface area contributed by atoms with Gasteiger partial charge in [0.1, 0.15) is 22.9 Å². The number of carbonyl (C=O) groups is 3. The van der Waals surface area contributed by atoms with Crippen LogP contribution in [-0.2, 0) is 27.6 Å². The molecule has 0 aliphatic rings. The van der Waals surface area contributed by atoms with E-state index in [9.17, 15) is 29.7 Å². The predicted octanol–water partition coefficient (Wildman–Crippen LogP) is 8.30. The zero-order valence-corrected chi connectivity index (χ0v) is 32.1. The number of aliphatic hydroxyl groups is 3. The van der Waals surface area contributed by atoms with Crippen molar-refractivity contribution < 1.29 is 39.2 Å². The third kappa shape index (κ3) is 11.1. The Bertz CT molecular complexity index is 2160. The van der Waals surface area contributed by atoms with E-state index in [4.69, 9.17) is 67.0 Å². The number of ketones is 1. The largest absolute Gasteiger partial charge is 0.510 e. The highest BCUT2D eigenvalue weighted by Gasteiger charge is 2.19. The van der Waals surface area contributed by atoms with Gasteiger partial charge in [0.15, 0.2) is 17.2 Å².